The van der Waals surface area contributed by atoms with Crippen LogP contribution in [0.25, 0.3) is 0 Å². The number of hydrogen-bond donors (Lipinski definition) is 1. The van der Waals surface area contributed by atoms with Gasteiger partial charge in [-0.15, -0.1) is 0 Å². The molecule has 17 heavy (non-hydrogen) atoms. The van der Waals surface area contributed by atoms with Gasteiger partial charge in [0.15, 0.2) is 5.82 Å². The van der Waals surface area contributed by atoms with Crippen molar-refractivity contribution in [2.75, 3.05) is 20.2 Å². The van der Waals surface area contributed by atoms with Crippen molar-refractivity contribution in [3.05, 3.63) is 23.6 Å². The number of nitrogens with zero attached hydrogens (tertiary/aromatic N) is 1. The van der Waals surface area contributed by atoms with Crippen molar-refractivity contribution in [1.82, 2.24) is 10.3 Å². The topological polar surface area (TPSA) is 34.2 Å². The highest BCUT2D eigenvalue weighted by Crippen LogP contribution is 2.35. The van der Waals surface area contributed by atoms with Gasteiger partial charge in [-0.1, -0.05) is 13.3 Å². The van der Waals surface area contributed by atoms with Gasteiger partial charge in [0.25, 0.3) is 0 Å². The number of hydrogen-bond acceptors (Lipinski definition) is 3. The predicted octanol–water partition coefficient (Wildman–Crippen LogP) is 2.33. The highest BCUT2D eigenvalue weighted by atomic mass is 19.1. The first-order valence-corrected chi connectivity index (χ1v) is 6.17. The Hall–Kier alpha value is -1.16. The highest BCUT2D eigenvalue weighted by molar-refractivity contribution is 5.28. The maximum atomic E-state index is 14.2. The summed E-state index contributed by atoms with van der Waals surface area (Å²) >= 11 is 0. The zero-order valence-corrected chi connectivity index (χ0v) is 10.4. The van der Waals surface area contributed by atoms with E-state index in [0.29, 0.717) is 5.92 Å². The summed E-state index contributed by atoms with van der Waals surface area (Å²) in [7, 11) is 1.45. The molecule has 1 fully saturated rings. The molecule has 0 aromatic carbocycles. The first-order chi connectivity index (χ1) is 8.27. The molecule has 3 nitrogen and oxygen atoms in total. The fraction of sp³-hybridized carbons (Fsp3) is 0.615. The molecule has 2 heterocycles. The van der Waals surface area contributed by atoms with Gasteiger partial charge in [0, 0.05) is 6.20 Å². The summed E-state index contributed by atoms with van der Waals surface area (Å²) < 4.78 is 19.1. The molecule has 0 bridgehead atoms. The normalized spacial score (nSPS) is 24.6. The Kier molecular flexibility index (Phi) is 3.94. The van der Waals surface area contributed by atoms with Gasteiger partial charge < -0.3 is 10.1 Å². The third kappa shape index (κ3) is 2.41. The summed E-state index contributed by atoms with van der Waals surface area (Å²) in [6.07, 6.45) is 3.66. The maximum Gasteiger partial charge on any atom is 0.250 e. The number of piperidine rings is 1. The van der Waals surface area contributed by atoms with Crippen LogP contribution in [0.1, 0.15) is 31.2 Å². The van der Waals surface area contributed by atoms with Crippen LogP contribution >= 0.6 is 0 Å². The maximum absolute atomic E-state index is 14.2. The third-order valence-corrected chi connectivity index (χ3v) is 3.61. The smallest absolute Gasteiger partial charge is 0.250 e. The van der Waals surface area contributed by atoms with Gasteiger partial charge in [-0.3, -0.25) is 0 Å². The molecule has 1 aromatic heterocycles. The van der Waals surface area contributed by atoms with E-state index in [1.165, 1.54) is 7.11 Å². The summed E-state index contributed by atoms with van der Waals surface area (Å²) in [5.41, 5.74) is 0.755. The van der Waals surface area contributed by atoms with Crippen LogP contribution in [0.4, 0.5) is 4.39 Å². The van der Waals surface area contributed by atoms with Gasteiger partial charge in [0.05, 0.1) is 7.11 Å². The molecule has 0 saturated carbocycles. The average Bonchev–Trinajstić information content (AvgIpc) is 2.39. The molecule has 1 N–H and O–H groups in total. The SMILES string of the molecule is CCC1CNCCC1c1ccnc(OC)c1F. The molecule has 0 amide bonds. The first kappa shape index (κ1) is 12.3. The van der Waals surface area contributed by atoms with Crippen molar-refractivity contribution in [3.63, 3.8) is 0 Å². The molecule has 2 rings (SSSR count). The number of halogens is 1. The van der Waals surface area contributed by atoms with E-state index in [0.717, 1.165) is 31.5 Å². The fourth-order valence-corrected chi connectivity index (χ4v) is 2.63. The second-order valence-electron chi connectivity index (χ2n) is 4.49. The van der Waals surface area contributed by atoms with E-state index in [-0.39, 0.29) is 17.6 Å². The minimum atomic E-state index is -0.291. The molecule has 1 aliphatic heterocycles. The number of aromatic nitrogens is 1. The third-order valence-electron chi connectivity index (χ3n) is 3.61. The molecule has 2 atom stereocenters. The van der Waals surface area contributed by atoms with Gasteiger partial charge >= 0.3 is 0 Å². The van der Waals surface area contributed by atoms with Gasteiger partial charge in [-0.05, 0) is 43.0 Å². The molecule has 2 unspecified atom stereocenters. The average molecular weight is 238 g/mol. The van der Waals surface area contributed by atoms with Crippen LogP contribution in [0.2, 0.25) is 0 Å². The van der Waals surface area contributed by atoms with Crippen molar-refractivity contribution >= 4 is 0 Å². The van der Waals surface area contributed by atoms with Crippen molar-refractivity contribution in [1.29, 1.82) is 0 Å². The van der Waals surface area contributed by atoms with E-state index in [4.69, 9.17) is 4.74 Å². The molecular weight excluding hydrogens is 219 g/mol. The Labute approximate surface area is 101 Å². The summed E-state index contributed by atoms with van der Waals surface area (Å²) in [4.78, 5) is 3.89. The highest BCUT2D eigenvalue weighted by Gasteiger charge is 2.28. The second kappa shape index (κ2) is 5.45. The lowest BCUT2D eigenvalue weighted by atomic mass is 9.80. The Morgan fingerprint density at radius 3 is 3.12 bits per heavy atom. The standard InChI is InChI=1S/C13H19FN2O/c1-3-9-8-15-6-4-10(9)11-5-7-16-13(17-2)12(11)14/h5,7,9-10,15H,3-4,6,8H2,1-2H3. The monoisotopic (exact) mass is 238 g/mol. The molecule has 0 spiro atoms. The van der Waals surface area contributed by atoms with Crippen LogP contribution in [0, 0.1) is 11.7 Å². The molecule has 0 aliphatic carbocycles. The minimum Gasteiger partial charge on any atom is -0.479 e. The summed E-state index contributed by atoms with van der Waals surface area (Å²) in [6.45, 7) is 4.07. The zero-order valence-electron chi connectivity index (χ0n) is 10.4. The lowest BCUT2D eigenvalue weighted by molar-refractivity contribution is 0.304. The summed E-state index contributed by atoms with van der Waals surface area (Å²) in [5, 5.41) is 3.36. The van der Waals surface area contributed by atoms with Crippen LogP contribution < -0.4 is 10.1 Å². The van der Waals surface area contributed by atoms with Crippen molar-refractivity contribution in [2.24, 2.45) is 5.92 Å². The van der Waals surface area contributed by atoms with Crippen molar-refractivity contribution in [2.45, 2.75) is 25.7 Å². The van der Waals surface area contributed by atoms with E-state index in [2.05, 4.69) is 17.2 Å². The molecule has 94 valence electrons. The summed E-state index contributed by atoms with van der Waals surface area (Å²) in [6, 6.07) is 1.79. The number of pyridine rings is 1. The first-order valence-electron chi connectivity index (χ1n) is 6.17. The number of rotatable bonds is 3. The van der Waals surface area contributed by atoms with E-state index in [1.807, 2.05) is 0 Å². The molecule has 1 saturated heterocycles. The quantitative estimate of drug-likeness (QED) is 0.877. The Bertz CT molecular complexity index is 384. The molecule has 0 radical (unpaired) electrons. The molecule has 1 aromatic rings. The number of ether oxygens (including phenoxy) is 1. The largest absolute Gasteiger partial charge is 0.479 e. The lowest BCUT2D eigenvalue weighted by Crippen LogP contribution is -2.35. The van der Waals surface area contributed by atoms with Crippen LogP contribution in [-0.2, 0) is 0 Å². The minimum absolute atomic E-state index is 0.107. The molecule has 1 aliphatic rings. The van der Waals surface area contributed by atoms with Crippen LogP contribution in [0.3, 0.4) is 0 Å². The van der Waals surface area contributed by atoms with E-state index in [1.54, 1.807) is 12.3 Å². The Morgan fingerprint density at radius 1 is 1.59 bits per heavy atom. The van der Waals surface area contributed by atoms with Gasteiger partial charge in [-0.25, -0.2) is 9.37 Å². The van der Waals surface area contributed by atoms with Crippen LogP contribution in [0.5, 0.6) is 5.88 Å². The lowest BCUT2D eigenvalue weighted by Gasteiger charge is -2.32. The molecule has 4 heteroatoms. The van der Waals surface area contributed by atoms with E-state index in [9.17, 15) is 4.39 Å². The second-order valence-corrected chi connectivity index (χ2v) is 4.49. The molecular formula is C13H19FN2O. The van der Waals surface area contributed by atoms with E-state index < -0.39 is 0 Å². The summed E-state index contributed by atoms with van der Waals surface area (Å²) in [5.74, 6) is 0.583. The van der Waals surface area contributed by atoms with Gasteiger partial charge in [-0.2, -0.15) is 0 Å². The Morgan fingerprint density at radius 2 is 2.41 bits per heavy atom. The van der Waals surface area contributed by atoms with Crippen molar-refractivity contribution in [3.8, 4) is 5.88 Å². The van der Waals surface area contributed by atoms with Gasteiger partial charge in [0.1, 0.15) is 0 Å². The van der Waals surface area contributed by atoms with Gasteiger partial charge in [0.2, 0.25) is 5.88 Å². The predicted molar refractivity (Wildman–Crippen MR) is 64.8 cm³/mol. The van der Waals surface area contributed by atoms with Crippen LogP contribution in [-0.4, -0.2) is 25.2 Å². The van der Waals surface area contributed by atoms with E-state index >= 15 is 0 Å². The Balaban J connectivity index is 2.31. The zero-order chi connectivity index (χ0) is 12.3. The van der Waals surface area contributed by atoms with Crippen molar-refractivity contribution < 1.29 is 9.13 Å². The fourth-order valence-electron chi connectivity index (χ4n) is 2.63. The van der Waals surface area contributed by atoms with Crippen LogP contribution in [0.15, 0.2) is 12.3 Å². The number of methoxy groups -OCH3 is 1. The number of nitrogens with one attached hydrogen (secondary N) is 1.